The van der Waals surface area contributed by atoms with Crippen molar-refractivity contribution in [3.05, 3.63) is 17.5 Å². The fourth-order valence-corrected chi connectivity index (χ4v) is 2.46. The van der Waals surface area contributed by atoms with Crippen molar-refractivity contribution >= 4 is 0 Å². The van der Waals surface area contributed by atoms with E-state index in [1.54, 1.807) is 7.11 Å². The van der Waals surface area contributed by atoms with Crippen LogP contribution in [0.5, 0.6) is 0 Å². The smallest absolute Gasteiger partial charge is 0.0862 e. The van der Waals surface area contributed by atoms with E-state index < -0.39 is 6.10 Å². The first kappa shape index (κ1) is 12.6. The van der Waals surface area contributed by atoms with Crippen LogP contribution in [-0.2, 0) is 17.7 Å². The molecule has 0 radical (unpaired) electrons. The summed E-state index contributed by atoms with van der Waals surface area (Å²) in [7, 11) is 1.69. The molecule has 0 aromatic carbocycles. The molecule has 1 aromatic heterocycles. The SMILES string of the molecule is CCn1nc(C)cc1CC(O)C(OC)C1CC1. The van der Waals surface area contributed by atoms with E-state index in [4.69, 9.17) is 4.74 Å². The first-order valence-corrected chi connectivity index (χ1v) is 6.40. The van der Waals surface area contributed by atoms with E-state index >= 15 is 0 Å². The van der Waals surface area contributed by atoms with Crippen LogP contribution in [0.15, 0.2) is 6.07 Å². The monoisotopic (exact) mass is 238 g/mol. The highest BCUT2D eigenvalue weighted by atomic mass is 16.5. The summed E-state index contributed by atoms with van der Waals surface area (Å²) in [5.74, 6) is 0.550. The molecule has 0 bridgehead atoms. The van der Waals surface area contributed by atoms with Crippen LogP contribution in [0.1, 0.15) is 31.2 Å². The van der Waals surface area contributed by atoms with Crippen LogP contribution in [-0.4, -0.2) is 34.2 Å². The minimum atomic E-state index is -0.422. The second kappa shape index (κ2) is 5.19. The largest absolute Gasteiger partial charge is 0.390 e. The molecule has 1 saturated carbocycles. The molecule has 2 unspecified atom stereocenters. The zero-order valence-corrected chi connectivity index (χ0v) is 10.9. The standard InChI is InChI=1S/C13H22N2O2/c1-4-15-11(7-9(2)14-15)8-12(16)13(17-3)10-5-6-10/h7,10,12-13,16H,4-6,8H2,1-3H3. The van der Waals surface area contributed by atoms with Crippen molar-refractivity contribution in [3.8, 4) is 0 Å². The molecule has 0 saturated heterocycles. The van der Waals surface area contributed by atoms with Gasteiger partial charge in [-0.05, 0) is 38.7 Å². The molecule has 17 heavy (non-hydrogen) atoms. The molecule has 1 aliphatic carbocycles. The van der Waals surface area contributed by atoms with Crippen molar-refractivity contribution in [1.29, 1.82) is 0 Å². The van der Waals surface area contributed by atoms with Gasteiger partial charge in [-0.2, -0.15) is 5.10 Å². The molecule has 0 amide bonds. The maximum Gasteiger partial charge on any atom is 0.0862 e. The highest BCUT2D eigenvalue weighted by Gasteiger charge is 2.36. The number of ether oxygens (including phenoxy) is 1. The first-order chi connectivity index (χ1) is 8.15. The van der Waals surface area contributed by atoms with Gasteiger partial charge in [-0.25, -0.2) is 0 Å². The number of rotatable bonds is 6. The minimum absolute atomic E-state index is 0.0180. The fourth-order valence-electron chi connectivity index (χ4n) is 2.46. The molecular weight excluding hydrogens is 216 g/mol. The molecule has 2 rings (SSSR count). The molecule has 0 spiro atoms. The Balaban J connectivity index is 2.03. The Morgan fingerprint density at radius 1 is 1.59 bits per heavy atom. The number of aryl methyl sites for hydroxylation is 2. The van der Waals surface area contributed by atoms with E-state index in [2.05, 4.69) is 12.0 Å². The van der Waals surface area contributed by atoms with E-state index in [9.17, 15) is 5.11 Å². The second-order valence-corrected chi connectivity index (χ2v) is 4.90. The molecule has 4 heteroatoms. The van der Waals surface area contributed by atoms with Gasteiger partial charge < -0.3 is 9.84 Å². The number of aromatic nitrogens is 2. The topological polar surface area (TPSA) is 47.3 Å². The van der Waals surface area contributed by atoms with E-state index in [0.717, 1.165) is 17.9 Å². The third-order valence-electron chi connectivity index (χ3n) is 3.44. The third-order valence-corrected chi connectivity index (χ3v) is 3.44. The highest BCUT2D eigenvalue weighted by molar-refractivity contribution is 5.10. The van der Waals surface area contributed by atoms with E-state index in [1.165, 1.54) is 12.8 Å². The molecule has 2 atom stereocenters. The molecule has 1 heterocycles. The van der Waals surface area contributed by atoms with Crippen molar-refractivity contribution in [2.75, 3.05) is 7.11 Å². The van der Waals surface area contributed by atoms with Gasteiger partial charge in [0.1, 0.15) is 0 Å². The Kier molecular flexibility index (Phi) is 3.84. The Bertz CT molecular complexity index is 371. The van der Waals surface area contributed by atoms with Gasteiger partial charge in [-0.3, -0.25) is 4.68 Å². The Morgan fingerprint density at radius 3 is 2.82 bits per heavy atom. The van der Waals surface area contributed by atoms with Crippen molar-refractivity contribution in [2.45, 2.75) is 51.9 Å². The predicted octanol–water partition coefficient (Wildman–Crippen LogP) is 1.54. The van der Waals surface area contributed by atoms with Crippen molar-refractivity contribution in [2.24, 2.45) is 5.92 Å². The quantitative estimate of drug-likeness (QED) is 0.817. The number of nitrogens with zero attached hydrogens (tertiary/aromatic N) is 2. The third kappa shape index (κ3) is 2.87. The molecule has 1 aliphatic rings. The Labute approximate surface area is 103 Å². The second-order valence-electron chi connectivity index (χ2n) is 4.90. The van der Waals surface area contributed by atoms with Gasteiger partial charge >= 0.3 is 0 Å². The fraction of sp³-hybridized carbons (Fsp3) is 0.769. The number of aliphatic hydroxyl groups excluding tert-OH is 1. The minimum Gasteiger partial charge on any atom is -0.390 e. The van der Waals surface area contributed by atoms with E-state index in [0.29, 0.717) is 12.3 Å². The Morgan fingerprint density at radius 2 is 2.29 bits per heavy atom. The summed E-state index contributed by atoms with van der Waals surface area (Å²) in [6.45, 7) is 4.89. The summed E-state index contributed by atoms with van der Waals surface area (Å²) in [6, 6.07) is 2.05. The van der Waals surface area contributed by atoms with Crippen molar-refractivity contribution in [1.82, 2.24) is 9.78 Å². The van der Waals surface area contributed by atoms with Gasteiger partial charge in [-0.1, -0.05) is 0 Å². The lowest BCUT2D eigenvalue weighted by Gasteiger charge is -2.21. The summed E-state index contributed by atoms with van der Waals surface area (Å²) < 4.78 is 7.37. The van der Waals surface area contributed by atoms with Crippen LogP contribution in [0, 0.1) is 12.8 Å². The van der Waals surface area contributed by atoms with Crippen LogP contribution in [0.25, 0.3) is 0 Å². The lowest BCUT2D eigenvalue weighted by Crippen LogP contribution is -2.32. The molecule has 96 valence electrons. The average molecular weight is 238 g/mol. The summed E-state index contributed by atoms with van der Waals surface area (Å²) in [4.78, 5) is 0. The maximum absolute atomic E-state index is 10.2. The number of hydrogen-bond donors (Lipinski definition) is 1. The zero-order valence-electron chi connectivity index (χ0n) is 10.9. The number of methoxy groups -OCH3 is 1. The molecular formula is C13H22N2O2. The van der Waals surface area contributed by atoms with Gasteiger partial charge in [0.15, 0.2) is 0 Å². The maximum atomic E-state index is 10.2. The van der Waals surface area contributed by atoms with Crippen LogP contribution in [0.4, 0.5) is 0 Å². The Hall–Kier alpha value is -0.870. The normalized spacial score (nSPS) is 19.3. The zero-order chi connectivity index (χ0) is 12.4. The molecule has 1 fully saturated rings. The van der Waals surface area contributed by atoms with Gasteiger partial charge in [0.05, 0.1) is 17.9 Å². The van der Waals surface area contributed by atoms with Crippen molar-refractivity contribution in [3.63, 3.8) is 0 Å². The van der Waals surface area contributed by atoms with Crippen LogP contribution in [0.3, 0.4) is 0 Å². The summed E-state index contributed by atoms with van der Waals surface area (Å²) >= 11 is 0. The summed E-state index contributed by atoms with van der Waals surface area (Å²) in [5.41, 5.74) is 2.11. The van der Waals surface area contributed by atoms with Crippen molar-refractivity contribution < 1.29 is 9.84 Å². The summed E-state index contributed by atoms with van der Waals surface area (Å²) in [5, 5.41) is 14.6. The van der Waals surface area contributed by atoms with Crippen LogP contribution >= 0.6 is 0 Å². The molecule has 1 N–H and O–H groups in total. The van der Waals surface area contributed by atoms with Gasteiger partial charge in [0.2, 0.25) is 0 Å². The number of hydrogen-bond acceptors (Lipinski definition) is 3. The van der Waals surface area contributed by atoms with Gasteiger partial charge in [0, 0.05) is 25.8 Å². The molecule has 1 aromatic rings. The molecule has 0 aliphatic heterocycles. The summed E-state index contributed by atoms with van der Waals surface area (Å²) in [6.07, 6.45) is 2.55. The van der Waals surface area contributed by atoms with E-state index in [-0.39, 0.29) is 6.10 Å². The lowest BCUT2D eigenvalue weighted by atomic mass is 10.0. The van der Waals surface area contributed by atoms with Gasteiger partial charge in [0.25, 0.3) is 0 Å². The van der Waals surface area contributed by atoms with Crippen LogP contribution in [0.2, 0.25) is 0 Å². The van der Waals surface area contributed by atoms with Crippen LogP contribution < -0.4 is 0 Å². The lowest BCUT2D eigenvalue weighted by molar-refractivity contribution is -0.0245. The van der Waals surface area contributed by atoms with E-state index in [1.807, 2.05) is 17.7 Å². The van der Waals surface area contributed by atoms with Gasteiger partial charge in [-0.15, -0.1) is 0 Å². The molecule has 4 nitrogen and oxygen atoms in total. The number of aliphatic hydroxyl groups is 1. The highest BCUT2D eigenvalue weighted by Crippen LogP contribution is 2.36. The predicted molar refractivity (Wildman–Crippen MR) is 65.9 cm³/mol. The average Bonchev–Trinajstić information content (AvgIpc) is 3.04. The first-order valence-electron chi connectivity index (χ1n) is 6.40.